The Bertz CT molecular complexity index is 491. The van der Waals surface area contributed by atoms with E-state index in [-0.39, 0.29) is 5.78 Å². The van der Waals surface area contributed by atoms with E-state index in [9.17, 15) is 4.79 Å². The van der Waals surface area contributed by atoms with Crippen molar-refractivity contribution >= 4 is 23.1 Å². The summed E-state index contributed by atoms with van der Waals surface area (Å²) in [6.07, 6.45) is 2.74. The number of carbonyl (C=O) groups is 1. The molecule has 0 N–H and O–H groups in total. The molecule has 0 radical (unpaired) electrons. The Balaban J connectivity index is 1.70. The van der Waals surface area contributed by atoms with Crippen molar-refractivity contribution in [2.24, 2.45) is 0 Å². The molecule has 0 amide bonds. The van der Waals surface area contributed by atoms with E-state index in [4.69, 9.17) is 11.6 Å². The highest BCUT2D eigenvalue weighted by atomic mass is 35.5. The van der Waals surface area contributed by atoms with Gasteiger partial charge in [0.15, 0.2) is 5.78 Å². The number of rotatable bonds is 3. The molecule has 1 heterocycles. The van der Waals surface area contributed by atoms with E-state index in [1.54, 1.807) is 13.0 Å². The normalized spacial score (nSPS) is 20.6. The minimum atomic E-state index is 0.0620. The van der Waals surface area contributed by atoms with Gasteiger partial charge in [-0.25, -0.2) is 0 Å². The van der Waals surface area contributed by atoms with Crippen molar-refractivity contribution in [2.45, 2.75) is 25.8 Å². The molecule has 19 heavy (non-hydrogen) atoms. The largest absolute Gasteiger partial charge is 0.368 e. The average Bonchev–Trinajstić information content (AvgIpc) is 3.23. The van der Waals surface area contributed by atoms with Gasteiger partial charge in [0.25, 0.3) is 0 Å². The summed E-state index contributed by atoms with van der Waals surface area (Å²) in [6, 6.07) is 6.48. The van der Waals surface area contributed by atoms with Crippen LogP contribution in [0.3, 0.4) is 0 Å². The zero-order chi connectivity index (χ0) is 13.4. The summed E-state index contributed by atoms with van der Waals surface area (Å²) in [5, 5.41) is 0.688. The fourth-order valence-corrected chi connectivity index (χ4v) is 3.05. The molecule has 1 aliphatic carbocycles. The smallest absolute Gasteiger partial charge is 0.159 e. The highest BCUT2D eigenvalue weighted by Gasteiger charge is 2.31. The monoisotopic (exact) mass is 278 g/mol. The van der Waals surface area contributed by atoms with Crippen LogP contribution >= 0.6 is 11.6 Å². The second kappa shape index (κ2) is 5.14. The molecule has 0 spiro atoms. The quantitative estimate of drug-likeness (QED) is 0.795. The third kappa shape index (κ3) is 2.77. The Morgan fingerprint density at radius 3 is 2.42 bits per heavy atom. The Morgan fingerprint density at radius 1 is 1.21 bits per heavy atom. The summed E-state index contributed by atoms with van der Waals surface area (Å²) in [6.45, 7) is 5.86. The molecule has 1 saturated carbocycles. The molecule has 0 atom stereocenters. The maximum atomic E-state index is 11.3. The van der Waals surface area contributed by atoms with Crippen LogP contribution in [-0.2, 0) is 0 Å². The van der Waals surface area contributed by atoms with Gasteiger partial charge in [0.1, 0.15) is 0 Å². The predicted octanol–water partition coefficient (Wildman–Crippen LogP) is 2.83. The lowest BCUT2D eigenvalue weighted by Gasteiger charge is -2.36. The lowest BCUT2D eigenvalue weighted by molar-refractivity contribution is 0.101. The van der Waals surface area contributed by atoms with Crippen LogP contribution in [0, 0.1) is 0 Å². The first-order chi connectivity index (χ1) is 9.15. The molecule has 102 valence electrons. The fourth-order valence-electron chi connectivity index (χ4n) is 2.75. The van der Waals surface area contributed by atoms with Crippen LogP contribution in [0.25, 0.3) is 0 Å². The number of nitrogens with zero attached hydrogens (tertiary/aromatic N) is 2. The maximum absolute atomic E-state index is 11.3. The van der Waals surface area contributed by atoms with Crippen LogP contribution in [-0.4, -0.2) is 42.9 Å². The van der Waals surface area contributed by atoms with Gasteiger partial charge in [-0.05, 0) is 38.0 Å². The van der Waals surface area contributed by atoms with Gasteiger partial charge >= 0.3 is 0 Å². The molecule has 1 saturated heterocycles. The lowest BCUT2D eigenvalue weighted by atomic mass is 10.1. The molecule has 3 nitrogen and oxygen atoms in total. The Kier molecular flexibility index (Phi) is 3.50. The van der Waals surface area contributed by atoms with Gasteiger partial charge < -0.3 is 4.90 Å². The Morgan fingerprint density at radius 2 is 1.89 bits per heavy atom. The number of anilines is 1. The topological polar surface area (TPSA) is 23.6 Å². The predicted molar refractivity (Wildman–Crippen MR) is 78.3 cm³/mol. The highest BCUT2D eigenvalue weighted by Crippen LogP contribution is 2.31. The van der Waals surface area contributed by atoms with Crippen LogP contribution < -0.4 is 4.90 Å². The molecular weight excluding hydrogens is 260 g/mol. The lowest BCUT2D eigenvalue weighted by Crippen LogP contribution is -2.47. The number of Topliss-reactive ketones (excluding diaryl/α,β-unsaturated/α-hetero) is 1. The van der Waals surface area contributed by atoms with Crippen LogP contribution in [0.1, 0.15) is 30.1 Å². The van der Waals surface area contributed by atoms with E-state index >= 15 is 0 Å². The summed E-state index contributed by atoms with van der Waals surface area (Å²) in [5.41, 5.74) is 1.74. The summed E-state index contributed by atoms with van der Waals surface area (Å²) in [4.78, 5) is 16.2. The number of hydrogen-bond acceptors (Lipinski definition) is 3. The average molecular weight is 279 g/mol. The van der Waals surface area contributed by atoms with Gasteiger partial charge in [-0.15, -0.1) is 0 Å². The van der Waals surface area contributed by atoms with Crippen LogP contribution in [0.5, 0.6) is 0 Å². The molecule has 1 aromatic rings. The van der Waals surface area contributed by atoms with E-state index in [1.165, 1.54) is 12.8 Å². The molecule has 4 heteroatoms. The van der Waals surface area contributed by atoms with Gasteiger partial charge in [0.05, 0.1) is 10.7 Å². The number of carbonyl (C=O) groups excluding carboxylic acids is 1. The number of hydrogen-bond donors (Lipinski definition) is 0. The third-order valence-corrected chi connectivity index (χ3v) is 4.38. The first kappa shape index (κ1) is 12.9. The Hall–Kier alpha value is -1.06. The second-order valence-corrected chi connectivity index (χ2v) is 5.88. The molecule has 0 aromatic heterocycles. The second-order valence-electron chi connectivity index (χ2n) is 5.48. The van der Waals surface area contributed by atoms with Crippen molar-refractivity contribution in [2.75, 3.05) is 31.1 Å². The standard InChI is InChI=1S/C15H19ClN2O/c1-11(19)12-2-5-15(14(16)10-12)18-8-6-17(7-9-18)13-3-4-13/h2,5,10,13H,3-4,6-9H2,1H3. The number of halogens is 1. The van der Waals surface area contributed by atoms with Crippen LogP contribution in [0.15, 0.2) is 18.2 Å². The summed E-state index contributed by atoms with van der Waals surface area (Å²) >= 11 is 6.31. The minimum Gasteiger partial charge on any atom is -0.368 e. The SMILES string of the molecule is CC(=O)c1ccc(N2CCN(C3CC3)CC2)c(Cl)c1. The number of piperazine rings is 1. The van der Waals surface area contributed by atoms with Crippen molar-refractivity contribution in [3.63, 3.8) is 0 Å². The van der Waals surface area contributed by atoms with E-state index in [1.807, 2.05) is 12.1 Å². The van der Waals surface area contributed by atoms with Crippen LogP contribution in [0.4, 0.5) is 5.69 Å². The fraction of sp³-hybridized carbons (Fsp3) is 0.533. The zero-order valence-corrected chi connectivity index (χ0v) is 12.0. The van der Waals surface area contributed by atoms with E-state index in [0.717, 1.165) is 37.9 Å². The zero-order valence-electron chi connectivity index (χ0n) is 11.2. The van der Waals surface area contributed by atoms with Gasteiger partial charge in [-0.2, -0.15) is 0 Å². The summed E-state index contributed by atoms with van der Waals surface area (Å²) < 4.78 is 0. The molecule has 2 fully saturated rings. The highest BCUT2D eigenvalue weighted by molar-refractivity contribution is 6.33. The van der Waals surface area contributed by atoms with Gasteiger partial charge in [-0.1, -0.05) is 11.6 Å². The first-order valence-electron chi connectivity index (χ1n) is 6.94. The molecule has 0 unspecified atom stereocenters. The first-order valence-corrected chi connectivity index (χ1v) is 7.32. The van der Waals surface area contributed by atoms with Crippen molar-refractivity contribution in [1.29, 1.82) is 0 Å². The number of ketones is 1. The summed E-state index contributed by atoms with van der Waals surface area (Å²) in [7, 11) is 0. The molecule has 3 rings (SSSR count). The number of benzene rings is 1. The van der Waals surface area contributed by atoms with E-state index in [0.29, 0.717) is 10.6 Å². The molecule has 1 aliphatic heterocycles. The molecule has 1 aromatic carbocycles. The van der Waals surface area contributed by atoms with E-state index < -0.39 is 0 Å². The van der Waals surface area contributed by atoms with E-state index in [2.05, 4.69) is 9.80 Å². The summed E-state index contributed by atoms with van der Waals surface area (Å²) in [5.74, 6) is 0.0620. The van der Waals surface area contributed by atoms with Gasteiger partial charge in [0.2, 0.25) is 0 Å². The van der Waals surface area contributed by atoms with Crippen LogP contribution in [0.2, 0.25) is 5.02 Å². The van der Waals surface area contributed by atoms with Crippen molar-refractivity contribution in [1.82, 2.24) is 4.90 Å². The van der Waals surface area contributed by atoms with Crippen molar-refractivity contribution in [3.05, 3.63) is 28.8 Å². The van der Waals surface area contributed by atoms with Gasteiger partial charge in [-0.3, -0.25) is 9.69 Å². The maximum Gasteiger partial charge on any atom is 0.159 e. The molecule has 2 aliphatic rings. The molecule has 0 bridgehead atoms. The van der Waals surface area contributed by atoms with Crippen molar-refractivity contribution < 1.29 is 4.79 Å². The minimum absolute atomic E-state index is 0.0620. The molecular formula is C15H19ClN2O. The van der Waals surface area contributed by atoms with Gasteiger partial charge in [0, 0.05) is 37.8 Å². The Labute approximate surface area is 119 Å². The third-order valence-electron chi connectivity index (χ3n) is 4.07. The van der Waals surface area contributed by atoms with Crippen molar-refractivity contribution in [3.8, 4) is 0 Å².